The molecule has 0 amide bonds. The van der Waals surface area contributed by atoms with E-state index in [1.807, 2.05) is 12.1 Å². The van der Waals surface area contributed by atoms with Gasteiger partial charge in [-0.3, -0.25) is 0 Å². The van der Waals surface area contributed by atoms with Crippen molar-refractivity contribution in [3.63, 3.8) is 0 Å². The molecule has 0 N–H and O–H groups in total. The van der Waals surface area contributed by atoms with E-state index >= 15 is 0 Å². The molecule has 0 aliphatic carbocycles. The molecule has 0 aliphatic rings. The SMILES string of the molecule is COc1ccc(C)cc1C(Cl)c1cc(C)cc(C)c1. The summed E-state index contributed by atoms with van der Waals surface area (Å²) in [5.41, 5.74) is 5.78. The Morgan fingerprint density at radius 3 is 2.11 bits per heavy atom. The van der Waals surface area contributed by atoms with E-state index in [2.05, 4.69) is 45.0 Å². The highest BCUT2D eigenvalue weighted by molar-refractivity contribution is 6.22. The second-order valence-corrected chi connectivity index (χ2v) is 5.47. The number of aryl methyl sites for hydroxylation is 3. The van der Waals surface area contributed by atoms with Gasteiger partial charge >= 0.3 is 0 Å². The maximum atomic E-state index is 6.65. The smallest absolute Gasteiger partial charge is 0.123 e. The molecule has 0 radical (unpaired) electrons. The molecule has 19 heavy (non-hydrogen) atoms. The van der Waals surface area contributed by atoms with Gasteiger partial charge in [-0.2, -0.15) is 0 Å². The van der Waals surface area contributed by atoms with Crippen molar-refractivity contribution in [1.82, 2.24) is 0 Å². The molecular weight excluding hydrogens is 256 g/mol. The maximum absolute atomic E-state index is 6.65. The second-order valence-electron chi connectivity index (χ2n) is 5.03. The molecule has 0 spiro atoms. The van der Waals surface area contributed by atoms with Gasteiger partial charge in [0, 0.05) is 5.56 Å². The minimum atomic E-state index is -0.187. The van der Waals surface area contributed by atoms with Gasteiger partial charge in [0.25, 0.3) is 0 Å². The molecule has 100 valence electrons. The van der Waals surface area contributed by atoms with Crippen molar-refractivity contribution < 1.29 is 4.74 Å². The summed E-state index contributed by atoms with van der Waals surface area (Å²) in [7, 11) is 1.68. The van der Waals surface area contributed by atoms with Gasteiger partial charge in [-0.1, -0.05) is 47.0 Å². The quantitative estimate of drug-likeness (QED) is 0.720. The van der Waals surface area contributed by atoms with E-state index in [0.717, 1.165) is 16.9 Å². The lowest BCUT2D eigenvalue weighted by molar-refractivity contribution is 0.410. The van der Waals surface area contributed by atoms with E-state index < -0.39 is 0 Å². The third-order valence-corrected chi connectivity index (χ3v) is 3.68. The Kier molecular flexibility index (Phi) is 4.16. The molecule has 0 saturated carbocycles. The Morgan fingerprint density at radius 1 is 0.895 bits per heavy atom. The predicted molar refractivity (Wildman–Crippen MR) is 81.3 cm³/mol. The number of hydrogen-bond acceptors (Lipinski definition) is 1. The molecular formula is C17H19ClO. The van der Waals surface area contributed by atoms with Gasteiger partial charge in [0.1, 0.15) is 5.75 Å². The van der Waals surface area contributed by atoms with Crippen LogP contribution in [-0.2, 0) is 0 Å². The van der Waals surface area contributed by atoms with Gasteiger partial charge in [0.05, 0.1) is 12.5 Å². The van der Waals surface area contributed by atoms with Crippen LogP contribution in [0.1, 0.15) is 33.2 Å². The molecule has 0 aliphatic heterocycles. The molecule has 2 aromatic rings. The summed E-state index contributed by atoms with van der Waals surface area (Å²) >= 11 is 6.65. The molecule has 2 heteroatoms. The van der Waals surface area contributed by atoms with Crippen molar-refractivity contribution in [2.24, 2.45) is 0 Å². The lowest BCUT2D eigenvalue weighted by Crippen LogP contribution is -1.99. The predicted octanol–water partition coefficient (Wildman–Crippen LogP) is 4.95. The Bertz CT molecular complexity index is 570. The van der Waals surface area contributed by atoms with E-state index in [1.54, 1.807) is 7.11 Å². The van der Waals surface area contributed by atoms with E-state index in [1.165, 1.54) is 16.7 Å². The second kappa shape index (κ2) is 5.66. The van der Waals surface area contributed by atoms with Crippen LogP contribution in [0.15, 0.2) is 36.4 Å². The van der Waals surface area contributed by atoms with Gasteiger partial charge < -0.3 is 4.74 Å². The maximum Gasteiger partial charge on any atom is 0.123 e. The Labute approximate surface area is 120 Å². The van der Waals surface area contributed by atoms with E-state index in [0.29, 0.717) is 0 Å². The molecule has 0 fully saturated rings. The van der Waals surface area contributed by atoms with Crippen LogP contribution in [0.3, 0.4) is 0 Å². The molecule has 0 aromatic heterocycles. The number of methoxy groups -OCH3 is 1. The highest BCUT2D eigenvalue weighted by atomic mass is 35.5. The molecule has 2 rings (SSSR count). The first-order valence-corrected chi connectivity index (χ1v) is 6.81. The van der Waals surface area contributed by atoms with Crippen LogP contribution in [0.5, 0.6) is 5.75 Å². The number of rotatable bonds is 3. The number of ether oxygens (including phenoxy) is 1. The van der Waals surface area contributed by atoms with E-state index in [-0.39, 0.29) is 5.38 Å². The average Bonchev–Trinajstić information content (AvgIpc) is 2.36. The summed E-state index contributed by atoms with van der Waals surface area (Å²) in [4.78, 5) is 0. The fourth-order valence-corrected chi connectivity index (χ4v) is 2.68. The van der Waals surface area contributed by atoms with Crippen LogP contribution in [0.4, 0.5) is 0 Å². The Morgan fingerprint density at radius 2 is 1.53 bits per heavy atom. The number of benzene rings is 2. The Hall–Kier alpha value is -1.47. The third kappa shape index (κ3) is 3.10. The minimum Gasteiger partial charge on any atom is -0.496 e. The third-order valence-electron chi connectivity index (χ3n) is 3.19. The number of alkyl halides is 1. The van der Waals surface area contributed by atoms with Crippen LogP contribution in [0.25, 0.3) is 0 Å². The number of halogens is 1. The zero-order valence-electron chi connectivity index (χ0n) is 11.8. The first kappa shape index (κ1) is 14.0. The molecule has 2 aromatic carbocycles. The first-order valence-electron chi connectivity index (χ1n) is 6.38. The van der Waals surface area contributed by atoms with Gasteiger partial charge in [0.2, 0.25) is 0 Å². The lowest BCUT2D eigenvalue weighted by atomic mass is 9.98. The van der Waals surface area contributed by atoms with Crippen molar-refractivity contribution in [2.75, 3.05) is 7.11 Å². The van der Waals surface area contributed by atoms with Crippen molar-refractivity contribution in [1.29, 1.82) is 0 Å². The average molecular weight is 275 g/mol. The Balaban J connectivity index is 2.48. The van der Waals surface area contributed by atoms with Gasteiger partial charge in [-0.25, -0.2) is 0 Å². The minimum absolute atomic E-state index is 0.187. The van der Waals surface area contributed by atoms with E-state index in [4.69, 9.17) is 16.3 Å². The van der Waals surface area contributed by atoms with Crippen LogP contribution in [-0.4, -0.2) is 7.11 Å². The van der Waals surface area contributed by atoms with Crippen molar-refractivity contribution in [3.8, 4) is 5.75 Å². The molecule has 0 saturated heterocycles. The molecule has 0 heterocycles. The first-order chi connectivity index (χ1) is 9.01. The zero-order valence-corrected chi connectivity index (χ0v) is 12.6. The van der Waals surface area contributed by atoms with Crippen molar-refractivity contribution >= 4 is 11.6 Å². The number of hydrogen-bond donors (Lipinski definition) is 0. The normalized spacial score (nSPS) is 12.3. The fourth-order valence-electron chi connectivity index (χ4n) is 2.39. The van der Waals surface area contributed by atoms with Crippen LogP contribution in [0.2, 0.25) is 0 Å². The van der Waals surface area contributed by atoms with Gasteiger partial charge in [0.15, 0.2) is 0 Å². The van der Waals surface area contributed by atoms with Crippen molar-refractivity contribution in [3.05, 3.63) is 64.2 Å². The van der Waals surface area contributed by atoms with Gasteiger partial charge in [-0.05, 0) is 32.4 Å². The van der Waals surface area contributed by atoms with E-state index in [9.17, 15) is 0 Å². The van der Waals surface area contributed by atoms with Crippen molar-refractivity contribution in [2.45, 2.75) is 26.1 Å². The highest BCUT2D eigenvalue weighted by Gasteiger charge is 2.16. The fraction of sp³-hybridized carbons (Fsp3) is 0.294. The summed E-state index contributed by atoms with van der Waals surface area (Å²) in [6.07, 6.45) is 0. The van der Waals surface area contributed by atoms with Crippen LogP contribution in [0, 0.1) is 20.8 Å². The standard InChI is InChI=1S/C17H19ClO/c1-11-5-6-16(19-4)15(10-11)17(18)14-8-12(2)7-13(3)9-14/h5-10,17H,1-4H3. The summed E-state index contributed by atoms with van der Waals surface area (Å²) < 4.78 is 5.42. The monoisotopic (exact) mass is 274 g/mol. The summed E-state index contributed by atoms with van der Waals surface area (Å²) in [6, 6.07) is 12.5. The lowest BCUT2D eigenvalue weighted by Gasteiger charge is -2.16. The topological polar surface area (TPSA) is 9.23 Å². The summed E-state index contributed by atoms with van der Waals surface area (Å²) in [5, 5.41) is -0.187. The van der Waals surface area contributed by atoms with Crippen LogP contribution < -0.4 is 4.74 Å². The molecule has 0 bridgehead atoms. The zero-order chi connectivity index (χ0) is 14.0. The molecule has 1 unspecified atom stereocenters. The van der Waals surface area contributed by atoms with Gasteiger partial charge in [-0.15, -0.1) is 11.6 Å². The highest BCUT2D eigenvalue weighted by Crippen LogP contribution is 2.36. The van der Waals surface area contributed by atoms with Crippen LogP contribution >= 0.6 is 11.6 Å². The summed E-state index contributed by atoms with van der Waals surface area (Å²) in [5.74, 6) is 0.838. The molecule has 1 atom stereocenters. The molecule has 1 nitrogen and oxygen atoms in total. The summed E-state index contributed by atoms with van der Waals surface area (Å²) in [6.45, 7) is 6.25. The largest absolute Gasteiger partial charge is 0.496 e.